The van der Waals surface area contributed by atoms with E-state index in [4.69, 9.17) is 5.11 Å². The third kappa shape index (κ3) is 6.08. The molecule has 19 heavy (non-hydrogen) atoms. The van der Waals surface area contributed by atoms with Crippen LogP contribution in [0.4, 0.5) is 4.79 Å². The fourth-order valence-corrected chi connectivity index (χ4v) is 1.49. The predicted molar refractivity (Wildman–Crippen MR) is 70.8 cm³/mol. The Morgan fingerprint density at radius 3 is 2.21 bits per heavy atom. The number of urea groups is 1. The lowest BCUT2D eigenvalue weighted by Gasteiger charge is -2.21. The van der Waals surface area contributed by atoms with Gasteiger partial charge < -0.3 is 20.6 Å². The van der Waals surface area contributed by atoms with E-state index in [2.05, 4.69) is 10.6 Å². The van der Waals surface area contributed by atoms with Gasteiger partial charge in [0.25, 0.3) is 0 Å². The number of aliphatic carboxylic acids is 1. The number of carbonyl (C=O) groups excluding carboxylic acids is 2. The minimum absolute atomic E-state index is 0.222. The summed E-state index contributed by atoms with van der Waals surface area (Å²) in [5, 5.41) is 13.7. The number of likely N-dealkylation sites (N-methyl/N-ethyl adjacent to an activating group) is 1. The molecule has 0 aromatic rings. The van der Waals surface area contributed by atoms with Crippen LogP contribution >= 0.6 is 0 Å². The van der Waals surface area contributed by atoms with E-state index in [0.29, 0.717) is 19.4 Å². The predicted octanol–water partition coefficient (Wildman–Crippen LogP) is 0.406. The van der Waals surface area contributed by atoms with Crippen molar-refractivity contribution in [3.05, 3.63) is 0 Å². The molecule has 0 saturated heterocycles. The Kier molecular flexibility index (Phi) is 7.55. The number of carboxylic acid groups (broad SMARTS) is 1. The highest BCUT2D eigenvalue weighted by molar-refractivity contribution is 5.88. The lowest BCUT2D eigenvalue weighted by atomic mass is 10.2. The molecular weight excluding hydrogens is 250 g/mol. The zero-order valence-electron chi connectivity index (χ0n) is 11.9. The first-order valence-electron chi connectivity index (χ1n) is 6.38. The highest BCUT2D eigenvalue weighted by atomic mass is 16.4. The summed E-state index contributed by atoms with van der Waals surface area (Å²) in [6, 6.07) is -2.27. The molecule has 0 rings (SSSR count). The minimum atomic E-state index is -1.08. The maximum atomic E-state index is 11.7. The Labute approximate surface area is 113 Å². The van der Waals surface area contributed by atoms with Crippen LogP contribution in [-0.2, 0) is 9.59 Å². The molecule has 0 spiro atoms. The van der Waals surface area contributed by atoms with Crippen LogP contribution in [0, 0.1) is 0 Å². The van der Waals surface area contributed by atoms with Gasteiger partial charge in [0.2, 0.25) is 5.91 Å². The van der Waals surface area contributed by atoms with Crippen LogP contribution in [0.3, 0.4) is 0 Å². The maximum Gasteiger partial charge on any atom is 0.326 e. The van der Waals surface area contributed by atoms with Crippen molar-refractivity contribution in [2.24, 2.45) is 0 Å². The molecule has 0 radical (unpaired) electrons. The Bertz CT molecular complexity index is 333. The summed E-state index contributed by atoms with van der Waals surface area (Å²) in [4.78, 5) is 35.7. The maximum absolute atomic E-state index is 11.7. The second-order valence-corrected chi connectivity index (χ2v) is 4.37. The normalized spacial score (nSPS) is 13.3. The molecule has 0 heterocycles. The second-order valence-electron chi connectivity index (χ2n) is 4.37. The first-order chi connectivity index (χ1) is 8.83. The summed E-state index contributed by atoms with van der Waals surface area (Å²) < 4.78 is 0. The van der Waals surface area contributed by atoms with Crippen molar-refractivity contribution in [1.29, 1.82) is 0 Å². The van der Waals surface area contributed by atoms with Crippen LogP contribution < -0.4 is 10.6 Å². The molecule has 3 N–H and O–H groups in total. The van der Waals surface area contributed by atoms with Crippen molar-refractivity contribution in [2.75, 3.05) is 13.6 Å². The van der Waals surface area contributed by atoms with Gasteiger partial charge in [-0.15, -0.1) is 0 Å². The van der Waals surface area contributed by atoms with E-state index in [9.17, 15) is 14.4 Å². The first kappa shape index (κ1) is 17.2. The van der Waals surface area contributed by atoms with Gasteiger partial charge >= 0.3 is 12.0 Å². The van der Waals surface area contributed by atoms with Crippen molar-refractivity contribution < 1.29 is 19.5 Å². The molecule has 1 unspecified atom stereocenters. The summed E-state index contributed by atoms with van der Waals surface area (Å²) in [7, 11) is 1.63. The molecule has 0 saturated carbocycles. The molecule has 0 aromatic heterocycles. The Morgan fingerprint density at radius 2 is 1.79 bits per heavy atom. The number of hydrogen-bond donors (Lipinski definition) is 3. The van der Waals surface area contributed by atoms with E-state index < -0.39 is 24.1 Å². The van der Waals surface area contributed by atoms with Gasteiger partial charge in [-0.3, -0.25) is 4.79 Å². The molecule has 0 aliphatic carbocycles. The van der Waals surface area contributed by atoms with Crippen LogP contribution in [0.5, 0.6) is 0 Å². The lowest BCUT2D eigenvalue weighted by molar-refractivity contribution is -0.139. The van der Waals surface area contributed by atoms with Gasteiger partial charge in [0, 0.05) is 13.6 Å². The number of amides is 3. The quantitative estimate of drug-likeness (QED) is 0.625. The standard InChI is InChI=1S/C12H23N3O4/c1-5-7-9(11(17)18)14-12(19)13-8(3)10(16)15(4)6-2/h8-9H,5-7H2,1-4H3,(H,17,18)(H2,13,14,19)/t8?,9-/m0/s1. The Morgan fingerprint density at radius 1 is 1.21 bits per heavy atom. The third-order valence-electron chi connectivity index (χ3n) is 2.75. The molecule has 0 bridgehead atoms. The molecule has 0 fully saturated rings. The summed E-state index contributed by atoms with van der Waals surface area (Å²) in [5.74, 6) is -1.30. The molecule has 3 amide bonds. The van der Waals surface area contributed by atoms with Crippen molar-refractivity contribution in [3.63, 3.8) is 0 Å². The minimum Gasteiger partial charge on any atom is -0.480 e. The number of carbonyl (C=O) groups is 3. The van der Waals surface area contributed by atoms with Gasteiger partial charge in [-0.05, 0) is 20.3 Å². The zero-order valence-corrected chi connectivity index (χ0v) is 11.9. The molecule has 0 aromatic carbocycles. The van der Waals surface area contributed by atoms with Gasteiger partial charge in [0.05, 0.1) is 0 Å². The lowest BCUT2D eigenvalue weighted by Crippen LogP contribution is -2.52. The van der Waals surface area contributed by atoms with Crippen LogP contribution in [0.25, 0.3) is 0 Å². The molecule has 0 aliphatic heterocycles. The molecular formula is C12H23N3O4. The van der Waals surface area contributed by atoms with E-state index in [1.54, 1.807) is 14.0 Å². The highest BCUT2D eigenvalue weighted by Crippen LogP contribution is 1.97. The van der Waals surface area contributed by atoms with Gasteiger partial charge in [-0.2, -0.15) is 0 Å². The third-order valence-corrected chi connectivity index (χ3v) is 2.75. The molecule has 7 heteroatoms. The van der Waals surface area contributed by atoms with E-state index in [1.165, 1.54) is 4.90 Å². The van der Waals surface area contributed by atoms with Crippen LogP contribution in [0.1, 0.15) is 33.6 Å². The van der Waals surface area contributed by atoms with Crippen LogP contribution in [-0.4, -0.2) is 53.6 Å². The Hall–Kier alpha value is -1.79. The largest absolute Gasteiger partial charge is 0.480 e. The summed E-state index contributed by atoms with van der Waals surface area (Å²) in [6.07, 6.45) is 0.990. The molecule has 110 valence electrons. The van der Waals surface area contributed by atoms with E-state index in [-0.39, 0.29) is 5.91 Å². The zero-order chi connectivity index (χ0) is 15.0. The Balaban J connectivity index is 4.36. The highest BCUT2D eigenvalue weighted by Gasteiger charge is 2.22. The number of rotatable bonds is 7. The van der Waals surface area contributed by atoms with Gasteiger partial charge in [-0.25, -0.2) is 9.59 Å². The number of nitrogens with one attached hydrogen (secondary N) is 2. The topological polar surface area (TPSA) is 98.7 Å². The van der Waals surface area contributed by atoms with Crippen LogP contribution in [0.2, 0.25) is 0 Å². The van der Waals surface area contributed by atoms with Crippen molar-refractivity contribution >= 4 is 17.9 Å². The van der Waals surface area contributed by atoms with Crippen molar-refractivity contribution in [1.82, 2.24) is 15.5 Å². The fourth-order valence-electron chi connectivity index (χ4n) is 1.49. The monoisotopic (exact) mass is 273 g/mol. The van der Waals surface area contributed by atoms with Gasteiger partial charge in [0.15, 0.2) is 0 Å². The van der Waals surface area contributed by atoms with Crippen molar-refractivity contribution in [3.8, 4) is 0 Å². The average Bonchev–Trinajstić information content (AvgIpc) is 2.35. The number of hydrogen-bond acceptors (Lipinski definition) is 3. The SMILES string of the molecule is CCC[C@H](NC(=O)NC(C)C(=O)N(C)CC)C(=O)O. The van der Waals surface area contributed by atoms with Gasteiger partial charge in [0.1, 0.15) is 12.1 Å². The van der Waals surface area contributed by atoms with Crippen LogP contribution in [0.15, 0.2) is 0 Å². The molecule has 2 atom stereocenters. The van der Waals surface area contributed by atoms with E-state index in [0.717, 1.165) is 0 Å². The summed E-state index contributed by atoms with van der Waals surface area (Å²) >= 11 is 0. The van der Waals surface area contributed by atoms with E-state index >= 15 is 0 Å². The van der Waals surface area contributed by atoms with Gasteiger partial charge in [-0.1, -0.05) is 13.3 Å². The average molecular weight is 273 g/mol. The van der Waals surface area contributed by atoms with E-state index in [1.807, 2.05) is 13.8 Å². The first-order valence-corrected chi connectivity index (χ1v) is 6.38. The summed E-state index contributed by atoms with van der Waals surface area (Å²) in [6.45, 7) is 5.76. The smallest absolute Gasteiger partial charge is 0.326 e. The second kappa shape index (κ2) is 8.34. The number of nitrogens with zero attached hydrogens (tertiary/aromatic N) is 1. The fraction of sp³-hybridized carbons (Fsp3) is 0.750. The summed E-state index contributed by atoms with van der Waals surface area (Å²) in [5.41, 5.74) is 0. The van der Waals surface area contributed by atoms with Crippen molar-refractivity contribution in [2.45, 2.75) is 45.7 Å². The molecule has 0 aliphatic rings. The molecule has 7 nitrogen and oxygen atoms in total. The number of carboxylic acids is 1.